The summed E-state index contributed by atoms with van der Waals surface area (Å²) in [5.74, 6) is 1.09. The number of hydrogen-bond donors (Lipinski definition) is 2. The van der Waals surface area contributed by atoms with E-state index in [0.717, 1.165) is 23.1 Å². The zero-order chi connectivity index (χ0) is 26.8. The monoisotopic (exact) mass is 532 g/mol. The van der Waals surface area contributed by atoms with Crippen LogP contribution >= 0.6 is 11.6 Å². The Morgan fingerprint density at radius 3 is 2.71 bits per heavy atom. The summed E-state index contributed by atoms with van der Waals surface area (Å²) in [6, 6.07) is 12.3. The molecule has 1 unspecified atom stereocenters. The van der Waals surface area contributed by atoms with Gasteiger partial charge < -0.3 is 19.5 Å². The van der Waals surface area contributed by atoms with E-state index in [1.165, 1.54) is 0 Å². The normalized spacial score (nSPS) is 14.6. The Morgan fingerprint density at radius 2 is 1.97 bits per heavy atom. The molecule has 0 fully saturated rings. The topological polar surface area (TPSA) is 101 Å². The van der Waals surface area contributed by atoms with Crippen LogP contribution in [0.1, 0.15) is 59.1 Å². The molecule has 8 nitrogen and oxygen atoms in total. The number of carbonyl (C=O) groups is 1. The number of amides is 1. The molecule has 2 aromatic carbocycles. The van der Waals surface area contributed by atoms with Crippen LogP contribution in [0.15, 0.2) is 54.9 Å². The first-order valence-electron chi connectivity index (χ1n) is 12.6. The van der Waals surface area contributed by atoms with Crippen LogP contribution in [0.3, 0.4) is 0 Å². The van der Waals surface area contributed by atoms with Gasteiger partial charge in [-0.15, -0.1) is 0 Å². The first kappa shape index (κ1) is 25.6. The van der Waals surface area contributed by atoms with E-state index >= 15 is 0 Å². The predicted octanol–water partition coefficient (Wildman–Crippen LogP) is 6.07. The van der Waals surface area contributed by atoms with Gasteiger partial charge >= 0.3 is 0 Å². The second-order valence-corrected chi connectivity index (χ2v) is 9.57. The van der Waals surface area contributed by atoms with E-state index in [-0.39, 0.29) is 11.7 Å². The van der Waals surface area contributed by atoms with Gasteiger partial charge in [-0.25, -0.2) is 0 Å². The highest BCUT2D eigenvalue weighted by Crippen LogP contribution is 2.47. The van der Waals surface area contributed by atoms with Gasteiger partial charge in [-0.3, -0.25) is 14.9 Å². The van der Waals surface area contributed by atoms with Crippen LogP contribution in [0.2, 0.25) is 5.02 Å². The third-order valence-electron chi connectivity index (χ3n) is 6.52. The SMILES string of the molecule is CCCOc1ccc(C2c3c(-c4cc(Cl)c(C)cc4O)n[nH]c3C(=O)N2Cc2cccnc2)cc1OCC. The van der Waals surface area contributed by atoms with Crippen molar-refractivity contribution in [3.63, 3.8) is 0 Å². The molecule has 1 aliphatic rings. The van der Waals surface area contributed by atoms with E-state index in [1.54, 1.807) is 29.4 Å². The number of aromatic nitrogens is 3. The van der Waals surface area contributed by atoms with Crippen LogP contribution in [-0.4, -0.2) is 44.3 Å². The lowest BCUT2D eigenvalue weighted by Crippen LogP contribution is -2.29. The molecule has 38 heavy (non-hydrogen) atoms. The summed E-state index contributed by atoms with van der Waals surface area (Å²) >= 11 is 6.42. The average Bonchev–Trinajstić information content (AvgIpc) is 3.45. The summed E-state index contributed by atoms with van der Waals surface area (Å²) in [7, 11) is 0. The number of benzene rings is 2. The number of hydrogen-bond acceptors (Lipinski definition) is 6. The van der Waals surface area contributed by atoms with Crippen molar-refractivity contribution in [2.75, 3.05) is 13.2 Å². The summed E-state index contributed by atoms with van der Waals surface area (Å²) in [6.07, 6.45) is 4.31. The molecule has 0 radical (unpaired) electrons. The van der Waals surface area contributed by atoms with Crippen molar-refractivity contribution >= 4 is 17.5 Å². The molecule has 1 atom stereocenters. The summed E-state index contributed by atoms with van der Waals surface area (Å²) < 4.78 is 11.8. The van der Waals surface area contributed by atoms with Crippen molar-refractivity contribution in [1.29, 1.82) is 0 Å². The Balaban J connectivity index is 1.67. The van der Waals surface area contributed by atoms with Gasteiger partial charge in [0.15, 0.2) is 11.5 Å². The van der Waals surface area contributed by atoms with E-state index in [0.29, 0.717) is 58.8 Å². The minimum atomic E-state index is -0.509. The fourth-order valence-electron chi connectivity index (χ4n) is 4.75. The Bertz CT molecular complexity index is 1470. The molecule has 2 N–H and O–H groups in total. The molecule has 1 aliphatic heterocycles. The van der Waals surface area contributed by atoms with Gasteiger partial charge in [-0.2, -0.15) is 5.10 Å². The largest absolute Gasteiger partial charge is 0.507 e. The number of phenols is 1. The lowest BCUT2D eigenvalue weighted by Gasteiger charge is -2.27. The van der Waals surface area contributed by atoms with E-state index in [4.69, 9.17) is 21.1 Å². The fraction of sp³-hybridized carbons (Fsp3) is 0.276. The molecule has 2 aromatic heterocycles. The molecule has 5 rings (SSSR count). The van der Waals surface area contributed by atoms with Gasteiger partial charge in [0.05, 0.1) is 19.3 Å². The quantitative estimate of drug-likeness (QED) is 0.271. The van der Waals surface area contributed by atoms with E-state index in [2.05, 4.69) is 15.2 Å². The molecule has 0 saturated carbocycles. The summed E-state index contributed by atoms with van der Waals surface area (Å²) in [5.41, 5.74) is 4.42. The number of ether oxygens (including phenoxy) is 2. The fourth-order valence-corrected chi connectivity index (χ4v) is 4.91. The molecule has 196 valence electrons. The van der Waals surface area contributed by atoms with Crippen LogP contribution < -0.4 is 9.47 Å². The van der Waals surface area contributed by atoms with Gasteiger partial charge in [0.1, 0.15) is 17.1 Å². The first-order valence-corrected chi connectivity index (χ1v) is 13.0. The zero-order valence-electron chi connectivity index (χ0n) is 21.5. The molecule has 0 spiro atoms. The number of aryl methyl sites for hydroxylation is 1. The molecule has 1 amide bonds. The van der Waals surface area contributed by atoms with Crippen molar-refractivity contribution in [1.82, 2.24) is 20.1 Å². The molecule has 4 aromatic rings. The van der Waals surface area contributed by atoms with Crippen LogP contribution in [0, 0.1) is 6.92 Å². The number of nitrogens with one attached hydrogen (secondary N) is 1. The Morgan fingerprint density at radius 1 is 1.13 bits per heavy atom. The number of aromatic amines is 1. The Hall–Kier alpha value is -4.04. The van der Waals surface area contributed by atoms with Crippen LogP contribution in [-0.2, 0) is 6.54 Å². The number of rotatable bonds is 9. The maximum Gasteiger partial charge on any atom is 0.273 e. The molecule has 0 aliphatic carbocycles. The second kappa shape index (κ2) is 10.8. The van der Waals surface area contributed by atoms with Crippen molar-refractivity contribution in [2.24, 2.45) is 0 Å². The maximum atomic E-state index is 13.7. The van der Waals surface area contributed by atoms with Crippen molar-refractivity contribution in [3.05, 3.63) is 87.8 Å². The zero-order valence-corrected chi connectivity index (χ0v) is 22.2. The number of carbonyl (C=O) groups excluding carboxylic acids is 1. The Kier molecular flexibility index (Phi) is 7.24. The number of nitrogens with zero attached hydrogens (tertiary/aromatic N) is 3. The third kappa shape index (κ3) is 4.67. The minimum Gasteiger partial charge on any atom is -0.507 e. The number of halogens is 1. The number of aromatic hydroxyl groups is 1. The standard InChI is InChI=1S/C29H29ClN4O4/c1-4-11-38-23-9-8-19(13-24(23)37-5-2)28-25-26(20-14-21(30)17(3)12-22(20)35)32-33-27(25)29(36)34(28)16-18-7-6-10-31-15-18/h6-10,12-15,28,35H,4-5,11,16H2,1-3H3,(H,32,33). The van der Waals surface area contributed by atoms with Crippen molar-refractivity contribution in [3.8, 4) is 28.5 Å². The first-order chi connectivity index (χ1) is 18.4. The molecule has 3 heterocycles. The van der Waals surface area contributed by atoms with Crippen LogP contribution in [0.25, 0.3) is 11.3 Å². The number of phenolic OH excluding ortho intramolecular Hbond substituents is 1. The van der Waals surface area contributed by atoms with Crippen molar-refractivity contribution in [2.45, 2.75) is 39.8 Å². The lowest BCUT2D eigenvalue weighted by atomic mass is 9.95. The van der Waals surface area contributed by atoms with Crippen LogP contribution in [0.5, 0.6) is 17.2 Å². The number of pyridine rings is 1. The molecule has 9 heteroatoms. The van der Waals surface area contributed by atoms with E-state index < -0.39 is 6.04 Å². The highest BCUT2D eigenvalue weighted by atomic mass is 35.5. The van der Waals surface area contributed by atoms with Crippen LogP contribution in [0.4, 0.5) is 0 Å². The smallest absolute Gasteiger partial charge is 0.273 e. The second-order valence-electron chi connectivity index (χ2n) is 9.16. The summed E-state index contributed by atoms with van der Waals surface area (Å²) in [6.45, 7) is 7.15. The molecular weight excluding hydrogens is 504 g/mol. The average molecular weight is 533 g/mol. The molecule has 0 saturated heterocycles. The number of H-pyrrole nitrogens is 1. The predicted molar refractivity (Wildman–Crippen MR) is 145 cm³/mol. The highest BCUT2D eigenvalue weighted by molar-refractivity contribution is 6.31. The maximum absolute atomic E-state index is 13.7. The molecular formula is C29H29ClN4O4. The highest BCUT2D eigenvalue weighted by Gasteiger charge is 2.43. The van der Waals surface area contributed by atoms with Gasteiger partial charge in [0.25, 0.3) is 5.91 Å². The minimum absolute atomic E-state index is 0.0384. The summed E-state index contributed by atoms with van der Waals surface area (Å²) in [4.78, 5) is 19.7. The lowest BCUT2D eigenvalue weighted by molar-refractivity contribution is 0.0729. The van der Waals surface area contributed by atoms with Gasteiger partial charge in [0, 0.05) is 35.1 Å². The van der Waals surface area contributed by atoms with Crippen molar-refractivity contribution < 1.29 is 19.4 Å². The Labute approximate surface area is 226 Å². The summed E-state index contributed by atoms with van der Waals surface area (Å²) in [5, 5.41) is 18.7. The number of fused-ring (bicyclic) bond motifs is 1. The third-order valence-corrected chi connectivity index (χ3v) is 6.92. The van der Waals surface area contributed by atoms with Gasteiger partial charge in [-0.1, -0.05) is 30.7 Å². The van der Waals surface area contributed by atoms with E-state index in [9.17, 15) is 9.90 Å². The molecule has 0 bridgehead atoms. The van der Waals surface area contributed by atoms with Gasteiger partial charge in [-0.05, 0) is 67.3 Å². The van der Waals surface area contributed by atoms with Gasteiger partial charge in [0.2, 0.25) is 0 Å². The van der Waals surface area contributed by atoms with E-state index in [1.807, 2.05) is 51.1 Å².